The minimum Gasteiger partial charge on any atom is -0.372 e. The van der Waals surface area contributed by atoms with Crippen LogP contribution >= 0.6 is 0 Å². The van der Waals surface area contributed by atoms with Gasteiger partial charge in [0.1, 0.15) is 0 Å². The highest BCUT2D eigenvalue weighted by molar-refractivity contribution is 5.68. The zero-order valence-corrected chi connectivity index (χ0v) is 7.36. The Labute approximate surface area is 73.5 Å². The average molecular weight is 168 g/mol. The van der Waals surface area contributed by atoms with Crippen molar-refractivity contribution in [1.29, 1.82) is 5.41 Å². The van der Waals surface area contributed by atoms with Crippen molar-refractivity contribution < 1.29 is 4.79 Å². The van der Waals surface area contributed by atoms with E-state index in [-0.39, 0.29) is 6.41 Å². The number of amides is 1. The lowest BCUT2D eigenvalue weighted by Gasteiger charge is -1.78. The first-order valence-electron chi connectivity index (χ1n) is 3.81. The van der Waals surface area contributed by atoms with Crippen LogP contribution in [0.15, 0.2) is 24.3 Å². The maximum atomic E-state index is 8.58. The number of hydrogen-bond donors (Lipinski definition) is 2. The van der Waals surface area contributed by atoms with E-state index in [0.29, 0.717) is 0 Å². The predicted molar refractivity (Wildman–Crippen MR) is 52.2 cm³/mol. The average Bonchev–Trinajstić information content (AvgIpc) is 2.06. The van der Waals surface area contributed by atoms with E-state index >= 15 is 0 Å². The second kappa shape index (κ2) is 16.3. The number of unbranched alkanes of at least 4 members (excludes halogenated alkanes) is 1. The summed E-state index contributed by atoms with van der Waals surface area (Å²) >= 11 is 0. The van der Waals surface area contributed by atoms with E-state index in [0.717, 1.165) is 6.42 Å². The molecular weight excluding hydrogens is 152 g/mol. The van der Waals surface area contributed by atoms with Gasteiger partial charge in [0.05, 0.1) is 0 Å². The molecule has 0 aromatic rings. The normalized spacial score (nSPS) is 9.42. The molecule has 0 aliphatic rings. The number of rotatable bonds is 4. The van der Waals surface area contributed by atoms with Gasteiger partial charge >= 0.3 is 0 Å². The third kappa shape index (κ3) is 23.4. The molecule has 0 aromatic heterocycles. The fraction of sp³-hybridized carbons (Fsp3) is 0.333. The molecule has 68 valence electrons. The first-order chi connectivity index (χ1) is 5.83. The molecule has 3 nitrogen and oxygen atoms in total. The third-order valence-electron chi connectivity index (χ3n) is 0.910. The number of nitrogens with one attached hydrogen (secondary N) is 1. The van der Waals surface area contributed by atoms with Gasteiger partial charge in [-0.25, -0.2) is 0 Å². The van der Waals surface area contributed by atoms with E-state index in [1.54, 1.807) is 6.08 Å². The van der Waals surface area contributed by atoms with Crippen LogP contribution in [0.5, 0.6) is 0 Å². The second-order valence-electron chi connectivity index (χ2n) is 1.90. The lowest BCUT2D eigenvalue weighted by molar-refractivity contribution is -0.106. The van der Waals surface area contributed by atoms with Crippen LogP contribution in [0.3, 0.4) is 0 Å². The smallest absolute Gasteiger partial charge is 0.204 e. The van der Waals surface area contributed by atoms with E-state index in [2.05, 4.69) is 18.7 Å². The van der Waals surface area contributed by atoms with Crippen LogP contribution in [-0.4, -0.2) is 12.6 Å². The fourth-order valence-electron chi connectivity index (χ4n) is 0.461. The summed E-state index contributed by atoms with van der Waals surface area (Å²) in [7, 11) is 0. The lowest BCUT2D eigenvalue weighted by atomic mass is 10.3. The molecule has 3 heteroatoms. The van der Waals surface area contributed by atoms with Crippen molar-refractivity contribution in [3.63, 3.8) is 0 Å². The summed E-state index contributed by atoms with van der Waals surface area (Å²) in [5, 5.41) is 6.64. The van der Waals surface area contributed by atoms with Crippen molar-refractivity contribution >= 4 is 12.6 Å². The Morgan fingerprint density at radius 3 is 2.33 bits per heavy atom. The monoisotopic (exact) mass is 168 g/mol. The third-order valence-corrected chi connectivity index (χ3v) is 0.910. The Balaban J connectivity index is 0. The molecule has 0 fully saturated rings. The second-order valence-corrected chi connectivity index (χ2v) is 1.90. The van der Waals surface area contributed by atoms with E-state index in [4.69, 9.17) is 10.2 Å². The maximum absolute atomic E-state index is 8.58. The molecule has 0 bridgehead atoms. The molecule has 0 rings (SSSR count). The summed E-state index contributed by atoms with van der Waals surface area (Å²) in [5.41, 5.74) is 4.17. The molecule has 3 N–H and O–H groups in total. The summed E-state index contributed by atoms with van der Waals surface area (Å²) in [4.78, 5) is 8.58. The van der Waals surface area contributed by atoms with Crippen LogP contribution in [0.2, 0.25) is 0 Å². The van der Waals surface area contributed by atoms with Crippen LogP contribution in [0.4, 0.5) is 0 Å². The molecule has 0 spiro atoms. The van der Waals surface area contributed by atoms with Gasteiger partial charge in [0.15, 0.2) is 0 Å². The van der Waals surface area contributed by atoms with Crippen LogP contribution in [0.25, 0.3) is 0 Å². The van der Waals surface area contributed by atoms with E-state index in [1.807, 2.05) is 12.2 Å². The van der Waals surface area contributed by atoms with E-state index in [1.165, 1.54) is 12.6 Å². The van der Waals surface area contributed by atoms with Crippen molar-refractivity contribution in [3.05, 3.63) is 24.3 Å². The van der Waals surface area contributed by atoms with Crippen LogP contribution < -0.4 is 5.73 Å². The number of nitrogens with two attached hydrogens (primary N) is 1. The first kappa shape index (κ1) is 13.2. The maximum Gasteiger partial charge on any atom is 0.204 e. The van der Waals surface area contributed by atoms with Gasteiger partial charge in [-0.1, -0.05) is 31.6 Å². The minimum absolute atomic E-state index is 0.250. The molecule has 0 heterocycles. The molecular formula is C9H16N2O. The molecule has 0 aromatic carbocycles. The molecule has 0 radical (unpaired) electrons. The number of carbonyl (C=O) groups is 1. The van der Waals surface area contributed by atoms with Crippen LogP contribution in [0.1, 0.15) is 19.8 Å². The largest absolute Gasteiger partial charge is 0.372 e. The van der Waals surface area contributed by atoms with Gasteiger partial charge in [0, 0.05) is 6.21 Å². The predicted octanol–water partition coefficient (Wildman–Crippen LogP) is 1.65. The molecule has 0 atom stereocenters. The molecule has 0 aliphatic carbocycles. The van der Waals surface area contributed by atoms with Gasteiger partial charge in [-0.05, 0) is 12.5 Å². The topological polar surface area (TPSA) is 66.9 Å². The molecule has 1 amide bonds. The SMILES string of the molecule is CCC/C=C/C=C\C=N.NC=O. The van der Waals surface area contributed by atoms with Gasteiger partial charge in [-0.3, -0.25) is 4.79 Å². The van der Waals surface area contributed by atoms with Gasteiger partial charge in [0.2, 0.25) is 6.41 Å². The highest BCUT2D eigenvalue weighted by atomic mass is 16.1. The molecule has 12 heavy (non-hydrogen) atoms. The molecule has 0 aliphatic heterocycles. The van der Waals surface area contributed by atoms with Crippen LogP contribution in [-0.2, 0) is 4.79 Å². The van der Waals surface area contributed by atoms with Crippen molar-refractivity contribution in [2.24, 2.45) is 5.73 Å². The molecule has 0 saturated heterocycles. The van der Waals surface area contributed by atoms with E-state index < -0.39 is 0 Å². The first-order valence-corrected chi connectivity index (χ1v) is 3.81. The zero-order valence-electron chi connectivity index (χ0n) is 7.36. The van der Waals surface area contributed by atoms with Crippen LogP contribution in [0, 0.1) is 5.41 Å². The lowest BCUT2D eigenvalue weighted by Crippen LogP contribution is -1.82. The number of hydrogen-bond acceptors (Lipinski definition) is 2. The quantitative estimate of drug-likeness (QED) is 0.374. The van der Waals surface area contributed by atoms with Crippen molar-refractivity contribution in [2.75, 3.05) is 0 Å². The van der Waals surface area contributed by atoms with Gasteiger partial charge in [-0.2, -0.15) is 0 Å². The van der Waals surface area contributed by atoms with Crippen molar-refractivity contribution in [1.82, 2.24) is 0 Å². The van der Waals surface area contributed by atoms with Crippen molar-refractivity contribution in [2.45, 2.75) is 19.8 Å². The summed E-state index contributed by atoms with van der Waals surface area (Å²) in [5.74, 6) is 0. The Morgan fingerprint density at radius 2 is 1.92 bits per heavy atom. The fourth-order valence-corrected chi connectivity index (χ4v) is 0.461. The van der Waals surface area contributed by atoms with Crippen molar-refractivity contribution in [3.8, 4) is 0 Å². The van der Waals surface area contributed by atoms with Gasteiger partial charge in [-0.15, -0.1) is 0 Å². The Hall–Kier alpha value is -1.38. The van der Waals surface area contributed by atoms with Gasteiger partial charge in [0.25, 0.3) is 0 Å². The highest BCUT2D eigenvalue weighted by Crippen LogP contribution is 1.87. The Kier molecular flexibility index (Phi) is 18.0. The number of primary amides is 1. The summed E-state index contributed by atoms with van der Waals surface area (Å²) in [6.07, 6.45) is 11.5. The molecule has 0 saturated carbocycles. The Morgan fingerprint density at radius 1 is 1.33 bits per heavy atom. The molecule has 0 unspecified atom stereocenters. The zero-order chi connectivity index (χ0) is 9.66. The van der Waals surface area contributed by atoms with E-state index in [9.17, 15) is 0 Å². The summed E-state index contributed by atoms with van der Waals surface area (Å²) in [6.45, 7) is 2.14. The van der Waals surface area contributed by atoms with Gasteiger partial charge < -0.3 is 11.1 Å². The summed E-state index contributed by atoms with van der Waals surface area (Å²) < 4.78 is 0. The number of allylic oxidation sites excluding steroid dienone is 4. The standard InChI is InChI=1S/C8H13N.CH3NO/c1-2-3-4-5-6-7-8-9;2-1-3/h4-9H,2-3H2,1H3;1H,(H2,2,3)/b5-4+,7-6-,9-8?;. The number of carbonyl (C=O) groups excluding carboxylic acids is 1. The minimum atomic E-state index is 0.250. The Bertz CT molecular complexity index is 151. The summed E-state index contributed by atoms with van der Waals surface area (Å²) in [6, 6.07) is 0. The highest BCUT2D eigenvalue weighted by Gasteiger charge is 1.67.